The molecule has 1 atom stereocenters. The van der Waals surface area contributed by atoms with Gasteiger partial charge in [0.15, 0.2) is 0 Å². The summed E-state index contributed by atoms with van der Waals surface area (Å²) in [5.41, 5.74) is 0. The zero-order chi connectivity index (χ0) is 13.7. The Balaban J connectivity index is 0.00000200. The summed E-state index contributed by atoms with van der Waals surface area (Å²) >= 11 is 0. The summed E-state index contributed by atoms with van der Waals surface area (Å²) in [7, 11) is 1.98. The van der Waals surface area contributed by atoms with Crippen molar-refractivity contribution in [2.75, 3.05) is 39.8 Å². The van der Waals surface area contributed by atoms with Crippen molar-refractivity contribution in [1.29, 1.82) is 0 Å². The van der Waals surface area contributed by atoms with Gasteiger partial charge in [-0.05, 0) is 25.7 Å². The van der Waals surface area contributed by atoms with Crippen molar-refractivity contribution in [2.45, 2.75) is 45.1 Å². The van der Waals surface area contributed by atoms with Gasteiger partial charge in [0.05, 0.1) is 6.54 Å². The molecule has 1 amide bonds. The number of hydrogen-bond donors (Lipinski definition) is 1. The molecule has 1 aliphatic carbocycles. The van der Waals surface area contributed by atoms with Crippen LogP contribution >= 0.6 is 12.4 Å². The van der Waals surface area contributed by atoms with Crippen molar-refractivity contribution >= 4 is 18.3 Å². The largest absolute Gasteiger partial charge is 0.344 e. The van der Waals surface area contributed by atoms with Gasteiger partial charge in [-0.3, -0.25) is 9.69 Å². The number of amides is 1. The van der Waals surface area contributed by atoms with E-state index in [0.29, 0.717) is 18.5 Å². The van der Waals surface area contributed by atoms with E-state index in [0.717, 1.165) is 32.1 Å². The second-order valence-electron chi connectivity index (χ2n) is 6.30. The van der Waals surface area contributed by atoms with E-state index in [1.54, 1.807) is 0 Å². The standard InChI is InChI=1S/C15H29N3O.ClH/c1-13-10-16-8-9-18(13)12-15(19)17(2)11-14-6-4-3-5-7-14;/h13-14,16H,3-12H2,1-2H3;1H/t13-;/m0./s1. The number of nitrogens with zero attached hydrogens (tertiary/aromatic N) is 2. The maximum atomic E-state index is 12.3. The Bertz CT molecular complexity index is 295. The van der Waals surface area contributed by atoms with Gasteiger partial charge < -0.3 is 10.2 Å². The number of likely N-dealkylation sites (N-methyl/N-ethyl adjacent to an activating group) is 1. The smallest absolute Gasteiger partial charge is 0.236 e. The van der Waals surface area contributed by atoms with E-state index in [1.165, 1.54) is 32.1 Å². The lowest BCUT2D eigenvalue weighted by Crippen LogP contribution is -2.53. The zero-order valence-electron chi connectivity index (χ0n) is 12.9. The number of hydrogen-bond acceptors (Lipinski definition) is 3. The van der Waals surface area contributed by atoms with Crippen LogP contribution in [0.4, 0.5) is 0 Å². The van der Waals surface area contributed by atoms with Gasteiger partial charge in [-0.1, -0.05) is 19.3 Å². The molecule has 0 unspecified atom stereocenters. The maximum Gasteiger partial charge on any atom is 0.236 e. The van der Waals surface area contributed by atoms with Gasteiger partial charge in [0, 0.05) is 39.3 Å². The highest BCUT2D eigenvalue weighted by molar-refractivity contribution is 5.85. The van der Waals surface area contributed by atoms with Crippen molar-refractivity contribution in [3.8, 4) is 0 Å². The lowest BCUT2D eigenvalue weighted by atomic mass is 9.89. The van der Waals surface area contributed by atoms with E-state index >= 15 is 0 Å². The third kappa shape index (κ3) is 5.23. The molecule has 1 saturated heterocycles. The summed E-state index contributed by atoms with van der Waals surface area (Å²) in [5, 5.41) is 3.37. The van der Waals surface area contributed by atoms with Crippen LogP contribution in [0, 0.1) is 5.92 Å². The first-order valence-corrected chi connectivity index (χ1v) is 7.85. The second-order valence-corrected chi connectivity index (χ2v) is 6.30. The van der Waals surface area contributed by atoms with Crippen molar-refractivity contribution in [3.05, 3.63) is 0 Å². The van der Waals surface area contributed by atoms with E-state index in [-0.39, 0.29) is 12.4 Å². The molecular weight excluding hydrogens is 274 g/mol. The van der Waals surface area contributed by atoms with Crippen LogP contribution < -0.4 is 5.32 Å². The average Bonchev–Trinajstić information content (AvgIpc) is 2.42. The van der Waals surface area contributed by atoms with E-state index in [2.05, 4.69) is 17.1 Å². The maximum absolute atomic E-state index is 12.3. The Hall–Kier alpha value is -0.320. The first-order chi connectivity index (χ1) is 9.16. The molecule has 0 aromatic carbocycles. The van der Waals surface area contributed by atoms with Crippen LogP contribution in [0.15, 0.2) is 0 Å². The summed E-state index contributed by atoms with van der Waals surface area (Å²) < 4.78 is 0. The number of nitrogens with one attached hydrogen (secondary N) is 1. The van der Waals surface area contributed by atoms with Gasteiger partial charge >= 0.3 is 0 Å². The van der Waals surface area contributed by atoms with Gasteiger partial charge in [-0.25, -0.2) is 0 Å². The molecule has 1 saturated carbocycles. The fraction of sp³-hybridized carbons (Fsp3) is 0.933. The number of carbonyl (C=O) groups is 1. The number of halogens is 1. The summed E-state index contributed by atoms with van der Waals surface area (Å²) in [5.74, 6) is 1.03. The number of piperazine rings is 1. The van der Waals surface area contributed by atoms with Crippen LogP contribution in [0.1, 0.15) is 39.0 Å². The quantitative estimate of drug-likeness (QED) is 0.859. The zero-order valence-corrected chi connectivity index (χ0v) is 13.8. The molecule has 2 rings (SSSR count). The van der Waals surface area contributed by atoms with Crippen molar-refractivity contribution in [2.24, 2.45) is 5.92 Å². The Morgan fingerprint density at radius 3 is 2.65 bits per heavy atom. The molecular formula is C15H30ClN3O. The van der Waals surface area contributed by atoms with Crippen LogP contribution in [-0.4, -0.2) is 61.5 Å². The highest BCUT2D eigenvalue weighted by Gasteiger charge is 2.23. The molecule has 1 heterocycles. The van der Waals surface area contributed by atoms with Crippen LogP contribution in [0.3, 0.4) is 0 Å². The van der Waals surface area contributed by atoms with Crippen molar-refractivity contribution < 1.29 is 4.79 Å². The number of carbonyl (C=O) groups excluding carboxylic acids is 1. The van der Waals surface area contributed by atoms with Crippen LogP contribution in [0.5, 0.6) is 0 Å². The van der Waals surface area contributed by atoms with Crippen LogP contribution in [-0.2, 0) is 4.79 Å². The third-order valence-electron chi connectivity index (χ3n) is 4.66. The SMILES string of the molecule is C[C@H]1CNCCN1CC(=O)N(C)CC1CCCCC1.Cl. The predicted octanol–water partition coefficient (Wildman–Crippen LogP) is 1.74. The Kier molecular flexibility index (Phi) is 7.85. The normalized spacial score (nSPS) is 25.0. The first-order valence-electron chi connectivity index (χ1n) is 7.85. The van der Waals surface area contributed by atoms with E-state index in [4.69, 9.17) is 0 Å². The highest BCUT2D eigenvalue weighted by Crippen LogP contribution is 2.24. The molecule has 2 fully saturated rings. The Morgan fingerprint density at radius 2 is 2.00 bits per heavy atom. The lowest BCUT2D eigenvalue weighted by molar-refractivity contribution is -0.132. The molecule has 4 nitrogen and oxygen atoms in total. The summed E-state index contributed by atoms with van der Waals surface area (Å²) in [4.78, 5) is 16.6. The molecule has 5 heteroatoms. The van der Waals surface area contributed by atoms with E-state index in [9.17, 15) is 4.79 Å². The minimum atomic E-state index is 0. The lowest BCUT2D eigenvalue weighted by Gasteiger charge is -2.35. The van der Waals surface area contributed by atoms with Gasteiger partial charge in [0.2, 0.25) is 5.91 Å². The van der Waals surface area contributed by atoms with Crippen LogP contribution in [0.25, 0.3) is 0 Å². The molecule has 1 aliphatic heterocycles. The summed E-state index contributed by atoms with van der Waals surface area (Å²) in [6.07, 6.45) is 6.69. The van der Waals surface area contributed by atoms with Gasteiger partial charge in [-0.2, -0.15) is 0 Å². The fourth-order valence-electron chi connectivity index (χ4n) is 3.27. The molecule has 20 heavy (non-hydrogen) atoms. The number of rotatable bonds is 4. The first kappa shape index (κ1) is 17.7. The molecule has 118 valence electrons. The Labute approximate surface area is 129 Å². The predicted molar refractivity (Wildman–Crippen MR) is 85.4 cm³/mol. The average molecular weight is 304 g/mol. The molecule has 0 aromatic rings. The molecule has 0 radical (unpaired) electrons. The van der Waals surface area contributed by atoms with Crippen molar-refractivity contribution in [3.63, 3.8) is 0 Å². The van der Waals surface area contributed by atoms with E-state index < -0.39 is 0 Å². The topological polar surface area (TPSA) is 35.6 Å². The van der Waals surface area contributed by atoms with E-state index in [1.807, 2.05) is 11.9 Å². The highest BCUT2D eigenvalue weighted by atomic mass is 35.5. The van der Waals surface area contributed by atoms with Gasteiger partial charge in [0.25, 0.3) is 0 Å². The third-order valence-corrected chi connectivity index (χ3v) is 4.66. The molecule has 2 aliphatic rings. The minimum absolute atomic E-state index is 0. The second kappa shape index (κ2) is 8.85. The van der Waals surface area contributed by atoms with Crippen LogP contribution in [0.2, 0.25) is 0 Å². The Morgan fingerprint density at radius 1 is 1.30 bits per heavy atom. The molecule has 0 bridgehead atoms. The monoisotopic (exact) mass is 303 g/mol. The molecule has 1 N–H and O–H groups in total. The minimum Gasteiger partial charge on any atom is -0.344 e. The van der Waals surface area contributed by atoms with Crippen molar-refractivity contribution in [1.82, 2.24) is 15.1 Å². The summed E-state index contributed by atoms with van der Waals surface area (Å²) in [6, 6.07) is 0.473. The summed E-state index contributed by atoms with van der Waals surface area (Å²) in [6.45, 7) is 6.74. The van der Waals surface area contributed by atoms with Gasteiger partial charge in [-0.15, -0.1) is 12.4 Å². The molecule has 0 aromatic heterocycles. The molecule has 0 spiro atoms. The van der Waals surface area contributed by atoms with Gasteiger partial charge in [0.1, 0.15) is 0 Å². The fourth-order valence-corrected chi connectivity index (χ4v) is 3.27.